The summed E-state index contributed by atoms with van der Waals surface area (Å²) in [6.45, 7) is 3.36. The molecule has 2 heterocycles. The summed E-state index contributed by atoms with van der Waals surface area (Å²) in [6, 6.07) is 7.15. The molecule has 0 saturated carbocycles. The Bertz CT molecular complexity index is 1050. The molecule has 2 atom stereocenters. The van der Waals surface area contributed by atoms with Crippen molar-refractivity contribution < 1.29 is 18.3 Å². The number of methoxy groups -OCH3 is 1. The van der Waals surface area contributed by atoms with E-state index in [1.165, 1.54) is 49.7 Å². The van der Waals surface area contributed by atoms with Crippen molar-refractivity contribution in [2.45, 2.75) is 30.6 Å². The minimum atomic E-state index is -1.14. The molecule has 1 aliphatic heterocycles. The maximum absolute atomic E-state index is 14.8. The number of carbonyl (C=O) groups is 1. The van der Waals surface area contributed by atoms with E-state index in [0.29, 0.717) is 10.6 Å². The van der Waals surface area contributed by atoms with E-state index in [-0.39, 0.29) is 22.8 Å². The van der Waals surface area contributed by atoms with Gasteiger partial charge in [-0.1, -0.05) is 29.4 Å². The van der Waals surface area contributed by atoms with E-state index in [9.17, 15) is 13.6 Å². The fourth-order valence-corrected chi connectivity index (χ4v) is 4.84. The highest BCUT2D eigenvalue weighted by Gasteiger charge is 2.48. The number of benzene rings is 1. The van der Waals surface area contributed by atoms with Gasteiger partial charge in [-0.05, 0) is 49.8 Å². The van der Waals surface area contributed by atoms with E-state index in [1.807, 2.05) is 0 Å². The van der Waals surface area contributed by atoms with E-state index >= 15 is 0 Å². The average Bonchev–Trinajstić information content (AvgIpc) is 2.68. The van der Waals surface area contributed by atoms with Gasteiger partial charge in [-0.2, -0.15) is 0 Å². The van der Waals surface area contributed by atoms with Gasteiger partial charge in [-0.3, -0.25) is 14.8 Å². The first kappa shape index (κ1) is 22.2. The van der Waals surface area contributed by atoms with Crippen molar-refractivity contribution in [3.8, 4) is 0 Å². The number of carbonyl (C=O) groups excluding carboxylic acids is 1. The fraction of sp³-hybridized carbons (Fsp3) is 0.286. The standard InChI is InChI=1S/C21H20ClF2N3O2S/c1-20(11-21(2,18(28)29-3)30-19(25)27-20)14-8-12(4-6-15(14)23)9-16(24)17-7-5-13(22)10-26-17/h4-10H,11H2,1-3H3,(H2,25,27)/b16-9-. The van der Waals surface area contributed by atoms with E-state index < -0.39 is 27.9 Å². The number of hydrogen-bond donors (Lipinski definition) is 1. The highest BCUT2D eigenvalue weighted by atomic mass is 35.5. The number of amidine groups is 1. The monoisotopic (exact) mass is 451 g/mol. The molecule has 1 aliphatic rings. The maximum atomic E-state index is 14.8. The largest absolute Gasteiger partial charge is 0.468 e. The lowest BCUT2D eigenvalue weighted by Crippen LogP contribution is -2.46. The average molecular weight is 452 g/mol. The normalized spacial score (nSPS) is 24.3. The lowest BCUT2D eigenvalue weighted by atomic mass is 9.82. The fourth-order valence-electron chi connectivity index (χ4n) is 3.50. The number of ether oxygens (including phenoxy) is 1. The molecule has 0 amide bonds. The first-order valence-corrected chi connectivity index (χ1v) is 10.2. The molecule has 5 nitrogen and oxygen atoms in total. The molecule has 2 unspecified atom stereocenters. The second kappa shape index (κ2) is 8.35. The van der Waals surface area contributed by atoms with Crippen LogP contribution in [0.3, 0.4) is 0 Å². The summed E-state index contributed by atoms with van der Waals surface area (Å²) in [5.41, 5.74) is 5.54. The number of nitrogens with zero attached hydrogens (tertiary/aromatic N) is 2. The Hall–Kier alpha value is -2.45. The Kier molecular flexibility index (Phi) is 6.19. The molecule has 0 fully saturated rings. The van der Waals surface area contributed by atoms with Crippen LogP contribution in [0.2, 0.25) is 5.02 Å². The third kappa shape index (κ3) is 4.49. The van der Waals surface area contributed by atoms with Crippen molar-refractivity contribution in [2.75, 3.05) is 7.11 Å². The zero-order valence-corrected chi connectivity index (χ0v) is 18.2. The predicted octanol–water partition coefficient (Wildman–Crippen LogP) is 4.94. The van der Waals surface area contributed by atoms with Crippen LogP contribution in [0.25, 0.3) is 11.9 Å². The topological polar surface area (TPSA) is 77.6 Å². The molecule has 0 radical (unpaired) electrons. The number of halogens is 3. The number of pyridine rings is 1. The van der Waals surface area contributed by atoms with Crippen LogP contribution in [0.1, 0.15) is 37.1 Å². The maximum Gasteiger partial charge on any atom is 0.322 e. The minimum absolute atomic E-state index is 0.103. The van der Waals surface area contributed by atoms with E-state index in [0.717, 1.165) is 11.8 Å². The Morgan fingerprint density at radius 3 is 2.70 bits per heavy atom. The van der Waals surface area contributed by atoms with Crippen molar-refractivity contribution in [1.29, 1.82) is 0 Å². The summed E-state index contributed by atoms with van der Waals surface area (Å²) in [5, 5.41) is 0.538. The molecule has 2 N–H and O–H groups in total. The van der Waals surface area contributed by atoms with Gasteiger partial charge in [-0.25, -0.2) is 8.78 Å². The lowest BCUT2D eigenvalue weighted by Gasteiger charge is -2.39. The minimum Gasteiger partial charge on any atom is -0.468 e. The van der Waals surface area contributed by atoms with E-state index in [1.54, 1.807) is 13.8 Å². The number of rotatable bonds is 4. The van der Waals surface area contributed by atoms with Crippen molar-refractivity contribution >= 4 is 46.4 Å². The molecule has 0 spiro atoms. The van der Waals surface area contributed by atoms with Crippen LogP contribution in [0, 0.1) is 5.82 Å². The summed E-state index contributed by atoms with van der Waals surface area (Å²) in [7, 11) is 1.28. The number of hydrogen-bond acceptors (Lipinski definition) is 6. The quantitative estimate of drug-likeness (QED) is 0.666. The van der Waals surface area contributed by atoms with Crippen LogP contribution < -0.4 is 5.73 Å². The molecular weight excluding hydrogens is 432 g/mol. The molecule has 1 aromatic carbocycles. The van der Waals surface area contributed by atoms with Crippen LogP contribution in [0.4, 0.5) is 8.78 Å². The lowest BCUT2D eigenvalue weighted by molar-refractivity contribution is -0.143. The van der Waals surface area contributed by atoms with Gasteiger partial charge in [0.1, 0.15) is 16.4 Å². The van der Waals surface area contributed by atoms with Gasteiger partial charge in [0.25, 0.3) is 0 Å². The van der Waals surface area contributed by atoms with Gasteiger partial charge < -0.3 is 10.5 Å². The smallest absolute Gasteiger partial charge is 0.322 e. The Balaban J connectivity index is 2.02. The summed E-state index contributed by atoms with van der Waals surface area (Å²) < 4.78 is 33.3. The number of esters is 1. The predicted molar refractivity (Wildman–Crippen MR) is 116 cm³/mol. The molecular formula is C21H20ClF2N3O2S. The Morgan fingerprint density at radius 1 is 1.33 bits per heavy atom. The van der Waals surface area contributed by atoms with Gasteiger partial charge in [-0.15, -0.1) is 0 Å². The third-order valence-electron chi connectivity index (χ3n) is 4.82. The molecule has 30 heavy (non-hydrogen) atoms. The molecule has 2 aromatic rings. The zero-order chi connectivity index (χ0) is 22.1. The third-order valence-corrected chi connectivity index (χ3v) is 6.11. The van der Waals surface area contributed by atoms with Crippen molar-refractivity contribution in [3.05, 3.63) is 64.2 Å². The molecule has 1 aromatic heterocycles. The second-order valence-electron chi connectivity index (χ2n) is 7.32. The molecule has 0 aliphatic carbocycles. The summed E-state index contributed by atoms with van der Waals surface area (Å²) in [4.78, 5) is 20.7. The Morgan fingerprint density at radius 2 is 2.07 bits per heavy atom. The van der Waals surface area contributed by atoms with E-state index in [4.69, 9.17) is 22.1 Å². The van der Waals surface area contributed by atoms with E-state index in [2.05, 4.69) is 9.98 Å². The van der Waals surface area contributed by atoms with Crippen molar-refractivity contribution in [3.63, 3.8) is 0 Å². The first-order valence-electron chi connectivity index (χ1n) is 8.98. The van der Waals surface area contributed by atoms with Gasteiger partial charge in [0.05, 0.1) is 23.4 Å². The van der Waals surface area contributed by atoms with Crippen LogP contribution in [-0.4, -0.2) is 28.0 Å². The Labute approximate surface area is 182 Å². The number of aliphatic imine (C=N–C) groups is 1. The molecule has 158 valence electrons. The summed E-state index contributed by atoms with van der Waals surface area (Å²) in [5.74, 6) is -1.61. The van der Waals surface area contributed by atoms with Crippen molar-refractivity contribution in [2.24, 2.45) is 10.7 Å². The number of nitrogens with two attached hydrogens (primary N) is 1. The molecule has 3 rings (SSSR count). The number of aromatic nitrogens is 1. The van der Waals surface area contributed by atoms with Gasteiger partial charge >= 0.3 is 5.97 Å². The summed E-state index contributed by atoms with van der Waals surface area (Å²) in [6.07, 6.45) is 2.74. The molecule has 0 bridgehead atoms. The SMILES string of the molecule is COC(=O)C1(C)CC(C)(c2cc(/C=C(\F)c3ccc(Cl)cn3)ccc2F)N=C(N)S1. The highest BCUT2D eigenvalue weighted by molar-refractivity contribution is 8.15. The van der Waals surface area contributed by atoms with Gasteiger partial charge in [0.2, 0.25) is 0 Å². The molecule has 0 saturated heterocycles. The van der Waals surface area contributed by atoms with Gasteiger partial charge in [0.15, 0.2) is 5.17 Å². The molecule has 9 heteroatoms. The van der Waals surface area contributed by atoms with Crippen LogP contribution >= 0.6 is 23.4 Å². The van der Waals surface area contributed by atoms with Crippen LogP contribution in [0.5, 0.6) is 0 Å². The number of thioether (sulfide) groups is 1. The van der Waals surface area contributed by atoms with Crippen molar-refractivity contribution in [1.82, 2.24) is 4.98 Å². The highest BCUT2D eigenvalue weighted by Crippen LogP contribution is 2.46. The van der Waals surface area contributed by atoms with Crippen LogP contribution in [0.15, 0.2) is 41.5 Å². The second-order valence-corrected chi connectivity index (χ2v) is 9.28. The first-order chi connectivity index (χ1) is 14.1. The summed E-state index contributed by atoms with van der Waals surface area (Å²) >= 11 is 6.86. The van der Waals surface area contributed by atoms with Crippen LogP contribution in [-0.2, 0) is 15.1 Å². The van der Waals surface area contributed by atoms with Gasteiger partial charge in [0, 0.05) is 18.2 Å². The zero-order valence-electron chi connectivity index (χ0n) is 16.6.